The second kappa shape index (κ2) is 4.86. The van der Waals surface area contributed by atoms with Gasteiger partial charge in [-0.05, 0) is 28.1 Å². The van der Waals surface area contributed by atoms with Crippen LogP contribution in [0.5, 0.6) is 0 Å². The fourth-order valence-electron chi connectivity index (χ4n) is 1.84. The third-order valence-electron chi connectivity index (χ3n) is 2.57. The Bertz CT molecular complexity index is 343. The van der Waals surface area contributed by atoms with Gasteiger partial charge in [0.2, 0.25) is 0 Å². The summed E-state index contributed by atoms with van der Waals surface area (Å²) in [6, 6.07) is 6.24. The summed E-state index contributed by atoms with van der Waals surface area (Å²) < 4.78 is 6.26. The minimum atomic E-state index is 0.765. The summed E-state index contributed by atoms with van der Waals surface area (Å²) in [5.41, 5.74) is 2.45. The topological polar surface area (TPSA) is 24.5 Å². The number of hydrogen-bond acceptors (Lipinski definition) is 3. The predicted molar refractivity (Wildman–Crippen MR) is 66.7 cm³/mol. The van der Waals surface area contributed by atoms with Crippen LogP contribution in [0.3, 0.4) is 0 Å². The molecule has 0 aromatic heterocycles. The van der Waals surface area contributed by atoms with Gasteiger partial charge in [0, 0.05) is 31.2 Å². The van der Waals surface area contributed by atoms with Crippen molar-refractivity contribution in [1.82, 2.24) is 0 Å². The maximum absolute atomic E-state index is 5.12. The number of halogens is 1. The number of ether oxygens (including phenoxy) is 1. The Morgan fingerprint density at radius 2 is 2.40 bits per heavy atom. The molecule has 1 aliphatic rings. The Hall–Kier alpha value is -0.740. The highest BCUT2D eigenvalue weighted by Gasteiger charge is 2.18. The first kappa shape index (κ1) is 10.8. The molecule has 1 heterocycles. The minimum Gasteiger partial charge on any atom is -0.383 e. The molecule has 0 atom stereocenters. The van der Waals surface area contributed by atoms with Crippen molar-refractivity contribution >= 4 is 27.3 Å². The first-order chi connectivity index (χ1) is 7.33. The molecule has 0 aliphatic carbocycles. The number of nitrogens with one attached hydrogen (secondary N) is 1. The van der Waals surface area contributed by atoms with Gasteiger partial charge in [-0.2, -0.15) is 0 Å². The number of benzene rings is 1. The van der Waals surface area contributed by atoms with E-state index in [4.69, 9.17) is 4.74 Å². The molecule has 1 N–H and O–H groups in total. The molecule has 1 aromatic rings. The van der Waals surface area contributed by atoms with Crippen molar-refractivity contribution in [3.8, 4) is 0 Å². The Labute approximate surface area is 98.5 Å². The van der Waals surface area contributed by atoms with E-state index in [9.17, 15) is 0 Å². The van der Waals surface area contributed by atoms with Crippen molar-refractivity contribution in [2.24, 2.45) is 0 Å². The van der Waals surface area contributed by atoms with Gasteiger partial charge in [0.15, 0.2) is 0 Å². The Balaban J connectivity index is 2.24. The third kappa shape index (κ3) is 2.26. The molecule has 0 unspecified atom stereocenters. The van der Waals surface area contributed by atoms with Gasteiger partial charge in [-0.1, -0.05) is 6.07 Å². The van der Waals surface area contributed by atoms with Crippen LogP contribution in [0.1, 0.15) is 0 Å². The molecular formula is C11H15BrN2O. The molecule has 0 fully saturated rings. The molecule has 15 heavy (non-hydrogen) atoms. The van der Waals surface area contributed by atoms with Crippen LogP contribution in [-0.4, -0.2) is 33.4 Å². The third-order valence-corrected chi connectivity index (χ3v) is 3.21. The van der Waals surface area contributed by atoms with Crippen molar-refractivity contribution in [2.45, 2.75) is 0 Å². The first-order valence-corrected chi connectivity index (χ1v) is 5.88. The van der Waals surface area contributed by atoms with Crippen LogP contribution in [0, 0.1) is 0 Å². The van der Waals surface area contributed by atoms with Gasteiger partial charge >= 0.3 is 0 Å². The standard InChI is InChI=1S/C11H15BrN2O/c1-15-8-7-14-6-5-13-10-4-2-3-9(12)11(10)14/h2-4,13H,5-8H2,1H3. The monoisotopic (exact) mass is 270 g/mol. The van der Waals surface area contributed by atoms with Gasteiger partial charge in [-0.3, -0.25) is 0 Å². The quantitative estimate of drug-likeness (QED) is 0.913. The lowest BCUT2D eigenvalue weighted by Gasteiger charge is -2.32. The molecule has 0 saturated carbocycles. The second-order valence-corrected chi connectivity index (χ2v) is 4.40. The van der Waals surface area contributed by atoms with Gasteiger partial charge in [0.05, 0.1) is 18.0 Å². The summed E-state index contributed by atoms with van der Waals surface area (Å²) in [5, 5.41) is 3.40. The van der Waals surface area contributed by atoms with E-state index in [0.717, 1.165) is 30.7 Å². The minimum absolute atomic E-state index is 0.765. The molecule has 0 spiro atoms. The molecule has 2 rings (SSSR count). The molecule has 0 saturated heterocycles. The number of nitrogens with zero attached hydrogens (tertiary/aromatic N) is 1. The Morgan fingerprint density at radius 1 is 1.53 bits per heavy atom. The van der Waals surface area contributed by atoms with Crippen LogP contribution in [0.15, 0.2) is 22.7 Å². The zero-order chi connectivity index (χ0) is 10.7. The highest BCUT2D eigenvalue weighted by molar-refractivity contribution is 9.10. The zero-order valence-electron chi connectivity index (χ0n) is 8.79. The van der Waals surface area contributed by atoms with Crippen molar-refractivity contribution in [2.75, 3.05) is 43.6 Å². The normalized spacial score (nSPS) is 14.7. The lowest BCUT2D eigenvalue weighted by molar-refractivity contribution is 0.205. The number of para-hydroxylation sites is 1. The number of hydrogen-bond donors (Lipinski definition) is 1. The van der Waals surface area contributed by atoms with Crippen LogP contribution in [0.2, 0.25) is 0 Å². The van der Waals surface area contributed by atoms with E-state index in [-0.39, 0.29) is 0 Å². The molecule has 0 amide bonds. The fraction of sp³-hybridized carbons (Fsp3) is 0.455. The van der Waals surface area contributed by atoms with Crippen LogP contribution < -0.4 is 10.2 Å². The molecule has 0 bridgehead atoms. The van der Waals surface area contributed by atoms with E-state index in [1.807, 2.05) is 0 Å². The van der Waals surface area contributed by atoms with E-state index in [1.54, 1.807) is 7.11 Å². The van der Waals surface area contributed by atoms with Gasteiger partial charge < -0.3 is 15.0 Å². The van der Waals surface area contributed by atoms with E-state index in [2.05, 4.69) is 44.3 Å². The largest absolute Gasteiger partial charge is 0.383 e. The summed E-state index contributed by atoms with van der Waals surface area (Å²) in [4.78, 5) is 2.35. The van der Waals surface area contributed by atoms with Gasteiger partial charge in [0.25, 0.3) is 0 Å². The van der Waals surface area contributed by atoms with Crippen molar-refractivity contribution < 1.29 is 4.74 Å². The van der Waals surface area contributed by atoms with Crippen molar-refractivity contribution in [3.63, 3.8) is 0 Å². The van der Waals surface area contributed by atoms with E-state index in [0.29, 0.717) is 0 Å². The Kier molecular flexibility index (Phi) is 3.49. The highest BCUT2D eigenvalue weighted by Crippen LogP contribution is 2.35. The van der Waals surface area contributed by atoms with Gasteiger partial charge in [-0.25, -0.2) is 0 Å². The summed E-state index contributed by atoms with van der Waals surface area (Å²) in [5.74, 6) is 0. The average Bonchev–Trinajstić information content (AvgIpc) is 2.26. The van der Waals surface area contributed by atoms with E-state index < -0.39 is 0 Å². The summed E-state index contributed by atoms with van der Waals surface area (Å²) in [6.07, 6.45) is 0. The Morgan fingerprint density at radius 3 is 3.20 bits per heavy atom. The smallest absolute Gasteiger partial charge is 0.0747 e. The number of methoxy groups -OCH3 is 1. The molecule has 3 nitrogen and oxygen atoms in total. The fourth-order valence-corrected chi connectivity index (χ4v) is 2.46. The average molecular weight is 271 g/mol. The number of anilines is 2. The molecule has 1 aliphatic heterocycles. The van der Waals surface area contributed by atoms with Gasteiger partial charge in [0.1, 0.15) is 0 Å². The molecule has 0 radical (unpaired) electrons. The molecule has 82 valence electrons. The van der Waals surface area contributed by atoms with Crippen molar-refractivity contribution in [3.05, 3.63) is 22.7 Å². The van der Waals surface area contributed by atoms with Crippen LogP contribution >= 0.6 is 15.9 Å². The lowest BCUT2D eigenvalue weighted by Crippen LogP contribution is -2.36. The molecule has 1 aromatic carbocycles. The van der Waals surface area contributed by atoms with E-state index >= 15 is 0 Å². The molecule has 4 heteroatoms. The zero-order valence-corrected chi connectivity index (χ0v) is 10.4. The van der Waals surface area contributed by atoms with E-state index in [1.165, 1.54) is 11.4 Å². The summed E-state index contributed by atoms with van der Waals surface area (Å²) in [6.45, 7) is 3.72. The predicted octanol–water partition coefficient (Wildman–Crippen LogP) is 2.33. The number of fused-ring (bicyclic) bond motifs is 1. The van der Waals surface area contributed by atoms with Crippen molar-refractivity contribution in [1.29, 1.82) is 0 Å². The van der Waals surface area contributed by atoms with Crippen LogP contribution in [0.25, 0.3) is 0 Å². The molecular weight excluding hydrogens is 256 g/mol. The second-order valence-electron chi connectivity index (χ2n) is 3.54. The SMILES string of the molecule is COCCN1CCNc2cccc(Br)c21. The first-order valence-electron chi connectivity index (χ1n) is 5.09. The van der Waals surface area contributed by atoms with Gasteiger partial charge in [-0.15, -0.1) is 0 Å². The highest BCUT2D eigenvalue weighted by atomic mass is 79.9. The lowest BCUT2D eigenvalue weighted by atomic mass is 10.2. The van der Waals surface area contributed by atoms with Crippen LogP contribution in [0.4, 0.5) is 11.4 Å². The number of rotatable bonds is 3. The summed E-state index contributed by atoms with van der Waals surface area (Å²) in [7, 11) is 1.74. The maximum atomic E-state index is 5.12. The summed E-state index contributed by atoms with van der Waals surface area (Å²) >= 11 is 3.59. The van der Waals surface area contributed by atoms with Crippen LogP contribution in [-0.2, 0) is 4.74 Å². The maximum Gasteiger partial charge on any atom is 0.0747 e.